The van der Waals surface area contributed by atoms with Crippen LogP contribution in [0.5, 0.6) is 5.75 Å². The molecule has 0 bridgehead atoms. The zero-order valence-corrected chi connectivity index (χ0v) is 10.7. The van der Waals surface area contributed by atoms with Crippen LogP contribution in [0.1, 0.15) is 5.56 Å². The molecule has 0 heterocycles. The Labute approximate surface area is 117 Å². The van der Waals surface area contributed by atoms with Gasteiger partial charge in [0.05, 0.1) is 9.95 Å². The smallest absolute Gasteiger partial charge is 0.311 e. The van der Waals surface area contributed by atoms with Crippen LogP contribution in [0.25, 0.3) is 0 Å². The molecule has 0 aromatic heterocycles. The van der Waals surface area contributed by atoms with Gasteiger partial charge >= 0.3 is 5.69 Å². The van der Waals surface area contributed by atoms with Crippen LogP contribution in [-0.4, -0.2) is 4.92 Å². The minimum Gasteiger partial charge on any atom is -0.482 e. The third-order valence-electron chi connectivity index (χ3n) is 2.52. The van der Waals surface area contributed by atoms with E-state index in [2.05, 4.69) is 0 Å². The quantitative estimate of drug-likeness (QED) is 0.630. The van der Waals surface area contributed by atoms with Crippen molar-refractivity contribution in [2.24, 2.45) is 0 Å². The molecule has 4 nitrogen and oxygen atoms in total. The molecule has 20 heavy (non-hydrogen) atoms. The Morgan fingerprint density at radius 2 is 1.80 bits per heavy atom. The van der Waals surface area contributed by atoms with E-state index in [1.807, 2.05) is 0 Å². The largest absolute Gasteiger partial charge is 0.482 e. The average molecular weight is 300 g/mol. The number of nitrogens with zero attached hydrogens (tertiary/aromatic N) is 1. The minimum atomic E-state index is -0.680. The molecule has 0 saturated carbocycles. The minimum absolute atomic E-state index is 0.129. The normalized spacial score (nSPS) is 10.3. The summed E-state index contributed by atoms with van der Waals surface area (Å²) in [6.07, 6.45) is 0. The molecule has 2 rings (SSSR count). The molecule has 7 heteroatoms. The highest BCUT2D eigenvalue weighted by Gasteiger charge is 2.16. The van der Waals surface area contributed by atoms with Crippen molar-refractivity contribution in [1.82, 2.24) is 0 Å². The second-order valence-electron chi connectivity index (χ2n) is 3.89. The van der Waals surface area contributed by atoms with Crippen LogP contribution in [0.15, 0.2) is 36.4 Å². The number of halogens is 3. The summed E-state index contributed by atoms with van der Waals surface area (Å²) >= 11 is 5.80. The summed E-state index contributed by atoms with van der Waals surface area (Å²) in [5.74, 6) is -1.37. The lowest BCUT2D eigenvalue weighted by molar-refractivity contribution is -0.386. The van der Waals surface area contributed by atoms with E-state index in [1.165, 1.54) is 12.1 Å². The molecular formula is C13H8ClF2NO3. The standard InChI is InChI=1S/C13H8ClF2NO3/c14-11-5-9(15)2-1-8(11)7-20-13-6-10(16)3-4-12(13)17(18)19/h1-6H,7H2. The van der Waals surface area contributed by atoms with E-state index in [9.17, 15) is 18.9 Å². The Morgan fingerprint density at radius 3 is 2.45 bits per heavy atom. The van der Waals surface area contributed by atoms with Crippen molar-refractivity contribution in [3.8, 4) is 5.75 Å². The van der Waals surface area contributed by atoms with Crippen molar-refractivity contribution in [2.75, 3.05) is 0 Å². The van der Waals surface area contributed by atoms with Crippen LogP contribution in [0, 0.1) is 21.7 Å². The average Bonchev–Trinajstić information content (AvgIpc) is 2.37. The molecule has 0 spiro atoms. The monoisotopic (exact) mass is 299 g/mol. The number of hydrogen-bond donors (Lipinski definition) is 0. The molecule has 0 N–H and O–H groups in total. The maximum absolute atomic E-state index is 13.1. The third kappa shape index (κ3) is 3.21. The first-order valence-electron chi connectivity index (χ1n) is 5.48. The molecule has 0 unspecified atom stereocenters. The zero-order valence-electron chi connectivity index (χ0n) is 9.98. The number of hydrogen-bond acceptors (Lipinski definition) is 3. The van der Waals surface area contributed by atoms with Gasteiger partial charge in [0.1, 0.15) is 18.2 Å². The van der Waals surface area contributed by atoms with Crippen molar-refractivity contribution >= 4 is 17.3 Å². The molecule has 0 aliphatic carbocycles. The fourth-order valence-corrected chi connectivity index (χ4v) is 1.77. The fourth-order valence-electron chi connectivity index (χ4n) is 1.55. The van der Waals surface area contributed by atoms with E-state index in [4.69, 9.17) is 16.3 Å². The Bertz CT molecular complexity index is 664. The van der Waals surface area contributed by atoms with Crippen LogP contribution in [0.4, 0.5) is 14.5 Å². The van der Waals surface area contributed by atoms with Crippen molar-refractivity contribution < 1.29 is 18.4 Å². The summed E-state index contributed by atoms with van der Waals surface area (Å²) in [5.41, 5.74) is 0.0799. The number of nitro benzene ring substituents is 1. The van der Waals surface area contributed by atoms with Gasteiger partial charge in [0.2, 0.25) is 0 Å². The van der Waals surface area contributed by atoms with E-state index in [0.717, 1.165) is 24.3 Å². The third-order valence-corrected chi connectivity index (χ3v) is 2.87. The van der Waals surface area contributed by atoms with E-state index in [1.54, 1.807) is 0 Å². The summed E-state index contributed by atoms with van der Waals surface area (Å²) in [7, 11) is 0. The molecule has 0 fully saturated rings. The molecule has 0 atom stereocenters. The Hall–Kier alpha value is -2.21. The molecule has 2 aromatic carbocycles. The van der Waals surface area contributed by atoms with Crippen molar-refractivity contribution in [1.29, 1.82) is 0 Å². The number of benzene rings is 2. The zero-order chi connectivity index (χ0) is 14.7. The lowest BCUT2D eigenvalue weighted by Crippen LogP contribution is -2.00. The van der Waals surface area contributed by atoms with Gasteiger partial charge in [0.25, 0.3) is 0 Å². The van der Waals surface area contributed by atoms with Crippen LogP contribution in [-0.2, 0) is 6.61 Å². The Morgan fingerprint density at radius 1 is 1.15 bits per heavy atom. The Kier molecular flexibility index (Phi) is 4.14. The maximum atomic E-state index is 13.1. The Balaban J connectivity index is 2.22. The topological polar surface area (TPSA) is 52.4 Å². The van der Waals surface area contributed by atoms with Crippen LogP contribution < -0.4 is 4.74 Å². The predicted molar refractivity (Wildman–Crippen MR) is 68.8 cm³/mol. The number of nitro groups is 1. The summed E-state index contributed by atoms with van der Waals surface area (Å²) in [6.45, 7) is -0.136. The van der Waals surface area contributed by atoms with E-state index in [0.29, 0.717) is 5.56 Å². The van der Waals surface area contributed by atoms with Gasteiger partial charge in [-0.2, -0.15) is 0 Å². The molecule has 0 aliphatic heterocycles. The first kappa shape index (κ1) is 14.2. The van der Waals surface area contributed by atoms with Gasteiger partial charge in [-0.25, -0.2) is 8.78 Å². The van der Waals surface area contributed by atoms with Gasteiger partial charge in [-0.1, -0.05) is 17.7 Å². The molecule has 0 amide bonds. The second-order valence-corrected chi connectivity index (χ2v) is 4.30. The van der Waals surface area contributed by atoms with Gasteiger partial charge in [-0.15, -0.1) is 0 Å². The van der Waals surface area contributed by atoms with Gasteiger partial charge < -0.3 is 4.74 Å². The van der Waals surface area contributed by atoms with E-state index >= 15 is 0 Å². The summed E-state index contributed by atoms with van der Waals surface area (Å²) in [4.78, 5) is 10.1. The molecule has 0 aliphatic rings. The predicted octanol–water partition coefficient (Wildman–Crippen LogP) is 4.11. The van der Waals surface area contributed by atoms with Gasteiger partial charge in [-0.3, -0.25) is 10.1 Å². The highest BCUT2D eigenvalue weighted by Crippen LogP contribution is 2.29. The van der Waals surface area contributed by atoms with E-state index in [-0.39, 0.29) is 23.1 Å². The molecular weight excluding hydrogens is 292 g/mol. The molecule has 0 saturated heterocycles. The lowest BCUT2D eigenvalue weighted by Gasteiger charge is -2.08. The molecule has 0 radical (unpaired) electrons. The van der Waals surface area contributed by atoms with Crippen molar-refractivity contribution in [3.63, 3.8) is 0 Å². The summed E-state index contributed by atoms with van der Waals surface area (Å²) in [5, 5.41) is 10.9. The lowest BCUT2D eigenvalue weighted by atomic mass is 10.2. The van der Waals surface area contributed by atoms with Gasteiger partial charge in [0.15, 0.2) is 5.75 Å². The number of ether oxygens (including phenoxy) is 1. The molecule has 2 aromatic rings. The van der Waals surface area contributed by atoms with Gasteiger partial charge in [-0.05, 0) is 18.2 Å². The summed E-state index contributed by atoms with van der Waals surface area (Å²) in [6, 6.07) is 6.57. The summed E-state index contributed by atoms with van der Waals surface area (Å²) < 4.78 is 31.2. The van der Waals surface area contributed by atoms with Crippen LogP contribution in [0.3, 0.4) is 0 Å². The first-order valence-corrected chi connectivity index (χ1v) is 5.86. The van der Waals surface area contributed by atoms with Crippen LogP contribution in [0.2, 0.25) is 5.02 Å². The maximum Gasteiger partial charge on any atom is 0.311 e. The van der Waals surface area contributed by atoms with Crippen molar-refractivity contribution in [3.05, 3.63) is 68.7 Å². The van der Waals surface area contributed by atoms with E-state index < -0.39 is 16.6 Å². The first-order chi connectivity index (χ1) is 9.47. The highest BCUT2D eigenvalue weighted by atomic mass is 35.5. The van der Waals surface area contributed by atoms with Crippen molar-refractivity contribution in [2.45, 2.75) is 6.61 Å². The fraction of sp³-hybridized carbons (Fsp3) is 0.0769. The van der Waals surface area contributed by atoms with Crippen LogP contribution >= 0.6 is 11.6 Å². The SMILES string of the molecule is O=[N+]([O-])c1ccc(F)cc1OCc1ccc(F)cc1Cl. The number of rotatable bonds is 4. The highest BCUT2D eigenvalue weighted by molar-refractivity contribution is 6.31. The molecule has 104 valence electrons. The second kappa shape index (κ2) is 5.83. The van der Waals surface area contributed by atoms with Gasteiger partial charge in [0, 0.05) is 17.7 Å².